The van der Waals surface area contributed by atoms with Crippen molar-refractivity contribution in [3.8, 4) is 5.75 Å². The smallest absolute Gasteiger partial charge is 0.344 e. The van der Waals surface area contributed by atoms with Gasteiger partial charge in [0.1, 0.15) is 5.75 Å². The Morgan fingerprint density at radius 2 is 1.65 bits per heavy atom. The van der Waals surface area contributed by atoms with Gasteiger partial charge in [-0.25, -0.2) is 4.79 Å². The molecular weight excluding hydrogens is 354 g/mol. The molecule has 0 heterocycles. The zero-order valence-electron chi connectivity index (χ0n) is 14.7. The number of carbonyl (C=O) groups is 2. The average Bonchev–Trinajstić information content (AvgIpc) is 2.57. The number of rotatable bonds is 6. The van der Waals surface area contributed by atoms with Crippen molar-refractivity contribution in [1.29, 1.82) is 0 Å². The zero-order chi connectivity index (χ0) is 18.1. The van der Waals surface area contributed by atoms with E-state index in [4.69, 9.17) is 21.1 Å². The number of para-hydroxylation sites is 1. The van der Waals surface area contributed by atoms with Gasteiger partial charge in [0.05, 0.1) is 5.02 Å². The summed E-state index contributed by atoms with van der Waals surface area (Å²) in [6, 6.07) is 6.91. The maximum atomic E-state index is 12.3. The number of hydrogen-bond acceptors (Lipinski definition) is 4. The third-order valence-electron chi connectivity index (χ3n) is 5.99. The second kappa shape index (κ2) is 7.10. The molecule has 140 valence electrons. The third kappa shape index (κ3) is 3.83. The SMILES string of the molecule is O=C(COC(=O)COc1ccccc1Cl)NC12CC3CC(CC(C3)C1)C2. The van der Waals surface area contributed by atoms with Crippen LogP contribution in [0.2, 0.25) is 5.02 Å². The Balaban J connectivity index is 1.23. The van der Waals surface area contributed by atoms with Crippen molar-refractivity contribution >= 4 is 23.5 Å². The van der Waals surface area contributed by atoms with Gasteiger partial charge in [0.15, 0.2) is 13.2 Å². The Morgan fingerprint density at radius 1 is 1.04 bits per heavy atom. The minimum absolute atomic E-state index is 0.0632. The predicted molar refractivity (Wildman–Crippen MR) is 97.0 cm³/mol. The molecule has 5 rings (SSSR count). The van der Waals surface area contributed by atoms with Crippen LogP contribution in [0.15, 0.2) is 24.3 Å². The molecule has 1 amide bonds. The van der Waals surface area contributed by atoms with E-state index in [1.54, 1.807) is 24.3 Å². The van der Waals surface area contributed by atoms with E-state index in [-0.39, 0.29) is 24.7 Å². The van der Waals surface area contributed by atoms with Gasteiger partial charge in [-0.1, -0.05) is 23.7 Å². The molecule has 0 aliphatic heterocycles. The maximum Gasteiger partial charge on any atom is 0.344 e. The Morgan fingerprint density at radius 3 is 2.27 bits per heavy atom. The van der Waals surface area contributed by atoms with Crippen molar-refractivity contribution < 1.29 is 19.1 Å². The lowest BCUT2D eigenvalue weighted by Crippen LogP contribution is -2.60. The van der Waals surface area contributed by atoms with Crippen LogP contribution in [-0.4, -0.2) is 30.6 Å². The van der Waals surface area contributed by atoms with Gasteiger partial charge >= 0.3 is 5.97 Å². The van der Waals surface area contributed by atoms with Crippen molar-refractivity contribution in [3.63, 3.8) is 0 Å². The van der Waals surface area contributed by atoms with E-state index in [1.807, 2.05) is 0 Å². The van der Waals surface area contributed by atoms with Crippen LogP contribution in [0.25, 0.3) is 0 Å². The maximum absolute atomic E-state index is 12.3. The van der Waals surface area contributed by atoms with Crippen LogP contribution >= 0.6 is 11.6 Å². The Kier molecular flexibility index (Phi) is 4.82. The molecule has 0 aromatic heterocycles. The van der Waals surface area contributed by atoms with Gasteiger partial charge in [-0.2, -0.15) is 0 Å². The van der Waals surface area contributed by atoms with Gasteiger partial charge in [-0.05, 0) is 68.4 Å². The molecule has 4 saturated carbocycles. The molecule has 1 aromatic carbocycles. The van der Waals surface area contributed by atoms with Gasteiger partial charge in [0.2, 0.25) is 0 Å². The predicted octanol–water partition coefficient (Wildman–Crippen LogP) is 3.35. The van der Waals surface area contributed by atoms with Crippen LogP contribution in [0.4, 0.5) is 0 Å². The molecule has 5 nitrogen and oxygen atoms in total. The summed E-state index contributed by atoms with van der Waals surface area (Å²) in [6.07, 6.45) is 7.20. The van der Waals surface area contributed by atoms with Crippen LogP contribution in [0.3, 0.4) is 0 Å². The van der Waals surface area contributed by atoms with E-state index in [9.17, 15) is 9.59 Å². The Bertz CT molecular complexity index is 670. The fourth-order valence-electron chi connectivity index (χ4n) is 5.48. The highest BCUT2D eigenvalue weighted by Crippen LogP contribution is 2.55. The number of benzene rings is 1. The lowest BCUT2D eigenvalue weighted by atomic mass is 9.53. The molecule has 0 radical (unpaired) electrons. The van der Waals surface area contributed by atoms with Crippen LogP contribution in [-0.2, 0) is 14.3 Å². The van der Waals surface area contributed by atoms with Crippen molar-refractivity contribution in [2.24, 2.45) is 17.8 Å². The standard InChI is InChI=1S/C20H24ClNO4/c21-16-3-1-2-4-17(16)25-12-19(24)26-11-18(23)22-20-8-13-5-14(9-20)7-15(6-13)10-20/h1-4,13-15H,5-12H2,(H,22,23). The highest BCUT2D eigenvalue weighted by Gasteiger charge is 2.51. The summed E-state index contributed by atoms with van der Waals surface area (Å²) in [5, 5.41) is 3.62. The minimum atomic E-state index is -0.578. The van der Waals surface area contributed by atoms with E-state index >= 15 is 0 Å². The number of nitrogens with one attached hydrogen (secondary N) is 1. The molecule has 6 heteroatoms. The van der Waals surface area contributed by atoms with Gasteiger partial charge in [-0.3, -0.25) is 4.79 Å². The van der Waals surface area contributed by atoms with E-state index in [0.29, 0.717) is 10.8 Å². The second-order valence-corrected chi connectivity index (χ2v) is 8.53. The summed E-state index contributed by atoms with van der Waals surface area (Å²) in [6.45, 7) is -0.527. The summed E-state index contributed by atoms with van der Waals surface area (Å²) in [4.78, 5) is 24.1. The Hall–Kier alpha value is -1.75. The van der Waals surface area contributed by atoms with E-state index < -0.39 is 5.97 Å². The molecule has 0 saturated heterocycles. The molecule has 4 aliphatic rings. The quantitative estimate of drug-likeness (QED) is 0.772. The summed E-state index contributed by atoms with van der Waals surface area (Å²) in [5.41, 5.74) is -0.0632. The number of amides is 1. The molecule has 1 N–H and O–H groups in total. The summed E-state index contributed by atoms with van der Waals surface area (Å²) in [5.74, 6) is 1.90. The highest BCUT2D eigenvalue weighted by molar-refractivity contribution is 6.32. The number of ether oxygens (including phenoxy) is 2. The monoisotopic (exact) mass is 377 g/mol. The fraction of sp³-hybridized carbons (Fsp3) is 0.600. The van der Waals surface area contributed by atoms with Crippen molar-refractivity contribution in [2.75, 3.05) is 13.2 Å². The molecule has 1 aromatic rings. The largest absolute Gasteiger partial charge is 0.480 e. The summed E-state index contributed by atoms with van der Waals surface area (Å²) < 4.78 is 10.4. The van der Waals surface area contributed by atoms with Crippen LogP contribution in [0.1, 0.15) is 38.5 Å². The lowest BCUT2D eigenvalue weighted by molar-refractivity contribution is -0.151. The molecule has 4 bridgehead atoms. The van der Waals surface area contributed by atoms with Crippen molar-refractivity contribution in [2.45, 2.75) is 44.1 Å². The molecule has 0 unspecified atom stereocenters. The number of halogens is 1. The molecule has 4 aliphatic carbocycles. The third-order valence-corrected chi connectivity index (χ3v) is 6.30. The van der Waals surface area contributed by atoms with Crippen molar-refractivity contribution in [3.05, 3.63) is 29.3 Å². The van der Waals surface area contributed by atoms with Crippen LogP contribution in [0.5, 0.6) is 5.75 Å². The average molecular weight is 378 g/mol. The molecule has 4 fully saturated rings. The molecule has 0 spiro atoms. The Labute approximate surface area is 158 Å². The van der Waals surface area contributed by atoms with E-state index in [1.165, 1.54) is 19.3 Å². The first-order valence-corrected chi connectivity index (χ1v) is 9.73. The highest BCUT2D eigenvalue weighted by atomic mass is 35.5. The molecule has 0 atom stereocenters. The molecule has 26 heavy (non-hydrogen) atoms. The first kappa shape index (κ1) is 17.7. The van der Waals surface area contributed by atoms with Gasteiger partial charge in [-0.15, -0.1) is 0 Å². The topological polar surface area (TPSA) is 64.6 Å². The first-order valence-electron chi connectivity index (χ1n) is 9.35. The second-order valence-electron chi connectivity index (χ2n) is 8.13. The van der Waals surface area contributed by atoms with E-state index in [2.05, 4.69) is 5.32 Å². The summed E-state index contributed by atoms with van der Waals surface area (Å²) >= 11 is 5.97. The fourth-order valence-corrected chi connectivity index (χ4v) is 5.67. The number of hydrogen-bond donors (Lipinski definition) is 1. The number of carbonyl (C=O) groups excluding carboxylic acids is 2. The summed E-state index contributed by atoms with van der Waals surface area (Å²) in [7, 11) is 0. The van der Waals surface area contributed by atoms with Gasteiger partial charge < -0.3 is 14.8 Å². The minimum Gasteiger partial charge on any atom is -0.480 e. The first-order chi connectivity index (χ1) is 12.5. The zero-order valence-corrected chi connectivity index (χ0v) is 15.5. The normalized spacial score (nSPS) is 31.5. The van der Waals surface area contributed by atoms with Gasteiger partial charge in [0, 0.05) is 5.54 Å². The van der Waals surface area contributed by atoms with Crippen LogP contribution < -0.4 is 10.1 Å². The van der Waals surface area contributed by atoms with Crippen molar-refractivity contribution in [1.82, 2.24) is 5.32 Å². The van der Waals surface area contributed by atoms with Gasteiger partial charge in [0.25, 0.3) is 5.91 Å². The van der Waals surface area contributed by atoms with Crippen LogP contribution in [0, 0.1) is 17.8 Å². The molecular formula is C20H24ClNO4. The lowest BCUT2D eigenvalue weighted by Gasteiger charge is -2.56. The number of esters is 1. The van der Waals surface area contributed by atoms with E-state index in [0.717, 1.165) is 37.0 Å².